The summed E-state index contributed by atoms with van der Waals surface area (Å²) in [5.41, 5.74) is 1.32. The lowest BCUT2D eigenvalue weighted by molar-refractivity contribution is -0.167. The number of alkyl carbamates (subject to hydrolysis) is 1. The van der Waals surface area contributed by atoms with Gasteiger partial charge in [0, 0.05) is 29.6 Å². The molecule has 0 bridgehead atoms. The van der Waals surface area contributed by atoms with Gasteiger partial charge in [-0.05, 0) is 41.5 Å². The Morgan fingerprint density at radius 2 is 1.60 bits per heavy atom. The molecular weight excluding hydrogens is 670 g/mol. The van der Waals surface area contributed by atoms with Crippen LogP contribution < -0.4 is 5.32 Å². The van der Waals surface area contributed by atoms with Gasteiger partial charge in [0.1, 0.15) is 36.4 Å². The summed E-state index contributed by atoms with van der Waals surface area (Å²) < 4.78 is 48.3. The molecule has 0 aromatic heterocycles. The Kier molecular flexibility index (Phi) is 10.2. The lowest BCUT2D eigenvalue weighted by atomic mass is 9.97. The zero-order valence-electron chi connectivity index (χ0n) is 23.6. The van der Waals surface area contributed by atoms with Gasteiger partial charge in [0.05, 0.1) is 11.6 Å². The van der Waals surface area contributed by atoms with Crippen LogP contribution in [0.3, 0.4) is 0 Å². The maximum absolute atomic E-state index is 14.2. The monoisotopic (exact) mass is 696 g/mol. The van der Waals surface area contributed by atoms with Crippen molar-refractivity contribution in [1.82, 2.24) is 19.4 Å². The second-order valence-electron chi connectivity index (χ2n) is 10.5. The molecular formula is C30H28Cl3FN4O6S. The van der Waals surface area contributed by atoms with Crippen molar-refractivity contribution in [2.24, 2.45) is 0 Å². The third-order valence-corrected chi connectivity index (χ3v) is 10.4. The molecule has 3 aromatic rings. The number of sulfonamides is 1. The van der Waals surface area contributed by atoms with E-state index in [0.29, 0.717) is 16.1 Å². The molecule has 2 heterocycles. The van der Waals surface area contributed by atoms with E-state index in [0.717, 1.165) is 9.21 Å². The fourth-order valence-electron chi connectivity index (χ4n) is 5.42. The summed E-state index contributed by atoms with van der Waals surface area (Å²) in [7, 11) is -4.48. The maximum Gasteiger partial charge on any atom is 0.408 e. The molecule has 10 nitrogen and oxygen atoms in total. The van der Waals surface area contributed by atoms with E-state index in [-0.39, 0.29) is 41.1 Å². The van der Waals surface area contributed by atoms with Crippen molar-refractivity contribution >= 4 is 62.7 Å². The molecule has 3 unspecified atom stereocenters. The molecule has 0 spiro atoms. The number of carbonyl (C=O) groups is 3. The molecule has 3 amide bonds. The number of fused-ring (bicyclic) bond motifs is 1. The predicted octanol–water partition coefficient (Wildman–Crippen LogP) is 4.52. The van der Waals surface area contributed by atoms with E-state index in [4.69, 9.17) is 39.5 Å². The lowest BCUT2D eigenvalue weighted by Crippen LogP contribution is -2.76. The number of rotatable bonds is 9. The van der Waals surface area contributed by atoms with Gasteiger partial charge >= 0.3 is 6.09 Å². The second kappa shape index (κ2) is 13.9. The van der Waals surface area contributed by atoms with E-state index in [9.17, 15) is 27.2 Å². The van der Waals surface area contributed by atoms with Crippen molar-refractivity contribution in [1.29, 1.82) is 0 Å². The van der Waals surface area contributed by atoms with Crippen LogP contribution in [0.4, 0.5) is 9.18 Å². The van der Waals surface area contributed by atoms with E-state index < -0.39 is 59.4 Å². The number of benzene rings is 3. The summed E-state index contributed by atoms with van der Waals surface area (Å²) in [5, 5.41) is 2.97. The van der Waals surface area contributed by atoms with Crippen LogP contribution in [-0.2, 0) is 37.4 Å². The molecule has 2 aliphatic rings. The standard InChI is InChI=1S/C30H28Cl3FN4O6S/c31-21-8-6-19(7-9-21)14-25-29(40)36(13-12-34)17-27-37(45(42,43)26-11-10-22(32)15-23(26)33)16-24(28(39)38(25)27)35-30(41)44-18-20-4-2-1-3-5-20/h1-11,15,24-25,27H,12-14,16-18H2,(H,35,41). The first-order valence-electron chi connectivity index (χ1n) is 13.8. The number of halogens is 4. The molecule has 2 fully saturated rings. The number of amides is 3. The molecule has 1 N–H and O–H groups in total. The summed E-state index contributed by atoms with van der Waals surface area (Å²) >= 11 is 18.4. The van der Waals surface area contributed by atoms with Gasteiger partial charge in [-0.1, -0.05) is 77.3 Å². The maximum atomic E-state index is 14.2. The zero-order chi connectivity index (χ0) is 32.3. The lowest BCUT2D eigenvalue weighted by Gasteiger charge is -2.53. The fourth-order valence-corrected chi connectivity index (χ4v) is 7.88. The van der Waals surface area contributed by atoms with Crippen LogP contribution in [0.1, 0.15) is 11.1 Å². The first-order chi connectivity index (χ1) is 21.5. The summed E-state index contributed by atoms with van der Waals surface area (Å²) in [6.07, 6.45) is -2.23. The number of ether oxygens (including phenoxy) is 1. The number of nitrogens with zero attached hydrogens (tertiary/aromatic N) is 3. The molecule has 2 saturated heterocycles. The molecule has 238 valence electrons. The number of hydrogen-bond donors (Lipinski definition) is 1. The minimum absolute atomic E-state index is 0.0260. The van der Waals surface area contributed by atoms with Crippen LogP contribution in [-0.4, -0.2) is 85.0 Å². The first kappa shape index (κ1) is 33.0. The molecule has 0 radical (unpaired) electrons. The summed E-state index contributed by atoms with van der Waals surface area (Å²) in [5.74, 6) is -1.26. The molecule has 45 heavy (non-hydrogen) atoms. The normalized spacial score (nSPS) is 20.6. The highest BCUT2D eigenvalue weighted by Gasteiger charge is 2.54. The van der Waals surface area contributed by atoms with E-state index in [2.05, 4.69) is 5.32 Å². The third kappa shape index (κ3) is 7.20. The molecule has 2 aliphatic heterocycles. The van der Waals surface area contributed by atoms with Gasteiger partial charge in [-0.3, -0.25) is 9.59 Å². The highest BCUT2D eigenvalue weighted by Crippen LogP contribution is 2.34. The fraction of sp³-hybridized carbons (Fsp3) is 0.300. The predicted molar refractivity (Wildman–Crippen MR) is 166 cm³/mol. The van der Waals surface area contributed by atoms with Gasteiger partial charge in [-0.15, -0.1) is 0 Å². The Labute approximate surface area is 274 Å². The van der Waals surface area contributed by atoms with Gasteiger partial charge in [-0.25, -0.2) is 17.6 Å². The first-order valence-corrected chi connectivity index (χ1v) is 16.4. The summed E-state index contributed by atoms with van der Waals surface area (Å²) in [6.45, 7) is -2.10. The number of hydrogen-bond acceptors (Lipinski definition) is 6. The van der Waals surface area contributed by atoms with Crippen LogP contribution in [0.15, 0.2) is 77.7 Å². The molecule has 3 aromatic carbocycles. The highest BCUT2D eigenvalue weighted by molar-refractivity contribution is 7.89. The van der Waals surface area contributed by atoms with Gasteiger partial charge in [0.15, 0.2) is 0 Å². The Hall–Kier alpha value is -3.42. The van der Waals surface area contributed by atoms with Crippen molar-refractivity contribution in [3.63, 3.8) is 0 Å². The van der Waals surface area contributed by atoms with E-state index in [1.54, 1.807) is 54.6 Å². The van der Waals surface area contributed by atoms with Crippen molar-refractivity contribution in [3.05, 3.63) is 99.0 Å². The minimum Gasteiger partial charge on any atom is -0.445 e. The molecule has 5 rings (SSSR count). The highest BCUT2D eigenvalue weighted by atomic mass is 35.5. The quantitative estimate of drug-likeness (QED) is 0.352. The molecule has 15 heteroatoms. The van der Waals surface area contributed by atoms with Gasteiger partial charge in [-0.2, -0.15) is 4.31 Å². The Balaban J connectivity index is 1.53. The number of alkyl halides is 1. The van der Waals surface area contributed by atoms with Crippen molar-refractivity contribution < 1.29 is 31.9 Å². The van der Waals surface area contributed by atoms with E-state index >= 15 is 0 Å². The molecule has 3 atom stereocenters. The van der Waals surface area contributed by atoms with Crippen molar-refractivity contribution in [3.8, 4) is 0 Å². The largest absolute Gasteiger partial charge is 0.445 e. The number of carbonyl (C=O) groups excluding carboxylic acids is 3. The number of piperazine rings is 1. The van der Waals surface area contributed by atoms with E-state index in [1.807, 2.05) is 0 Å². The van der Waals surface area contributed by atoms with Crippen LogP contribution >= 0.6 is 34.8 Å². The van der Waals surface area contributed by atoms with Crippen LogP contribution in [0.25, 0.3) is 0 Å². The average molecular weight is 698 g/mol. The van der Waals surface area contributed by atoms with Crippen molar-refractivity contribution in [2.45, 2.75) is 36.2 Å². The Morgan fingerprint density at radius 3 is 2.27 bits per heavy atom. The Bertz CT molecular complexity index is 1680. The van der Waals surface area contributed by atoms with Gasteiger partial charge in [0.2, 0.25) is 21.8 Å². The zero-order valence-corrected chi connectivity index (χ0v) is 26.7. The topological polar surface area (TPSA) is 116 Å². The van der Waals surface area contributed by atoms with Crippen LogP contribution in [0, 0.1) is 0 Å². The summed E-state index contributed by atoms with van der Waals surface area (Å²) in [4.78, 5) is 42.7. The number of nitrogens with one attached hydrogen (secondary N) is 1. The summed E-state index contributed by atoms with van der Waals surface area (Å²) in [6, 6.07) is 16.6. The Morgan fingerprint density at radius 1 is 0.911 bits per heavy atom. The van der Waals surface area contributed by atoms with Gasteiger partial charge < -0.3 is 19.9 Å². The van der Waals surface area contributed by atoms with Crippen LogP contribution in [0.5, 0.6) is 0 Å². The van der Waals surface area contributed by atoms with Crippen molar-refractivity contribution in [2.75, 3.05) is 26.3 Å². The third-order valence-electron chi connectivity index (χ3n) is 7.57. The SMILES string of the molecule is O=C(NC1CN(S(=O)(=O)c2ccc(Cl)cc2Cl)C2CN(CCF)C(=O)C(Cc3ccc(Cl)cc3)N2C1=O)OCc1ccccc1. The van der Waals surface area contributed by atoms with Gasteiger partial charge in [0.25, 0.3) is 0 Å². The average Bonchev–Trinajstić information content (AvgIpc) is 3.01. The molecule has 0 aliphatic carbocycles. The van der Waals surface area contributed by atoms with E-state index in [1.165, 1.54) is 23.1 Å². The second-order valence-corrected chi connectivity index (χ2v) is 13.6. The smallest absolute Gasteiger partial charge is 0.408 e. The van der Waals surface area contributed by atoms with Crippen LogP contribution in [0.2, 0.25) is 15.1 Å². The minimum atomic E-state index is -4.48. The molecule has 0 saturated carbocycles.